The number of aryl methyl sites for hydroxylation is 1. The molecule has 0 radical (unpaired) electrons. The van der Waals surface area contributed by atoms with Gasteiger partial charge >= 0.3 is 0 Å². The Labute approximate surface area is 89.5 Å². The molecule has 0 aromatic heterocycles. The highest BCUT2D eigenvalue weighted by Gasteiger charge is 2.20. The van der Waals surface area contributed by atoms with Crippen LogP contribution in [0.3, 0.4) is 0 Å². The Morgan fingerprint density at radius 1 is 1.27 bits per heavy atom. The molecule has 1 atom stereocenters. The first-order valence-electron chi connectivity index (χ1n) is 5.44. The van der Waals surface area contributed by atoms with Crippen LogP contribution in [0.15, 0.2) is 12.1 Å². The number of aromatic hydroxyl groups is 1. The van der Waals surface area contributed by atoms with Gasteiger partial charge in [-0.3, -0.25) is 0 Å². The van der Waals surface area contributed by atoms with E-state index in [0.29, 0.717) is 0 Å². The Morgan fingerprint density at radius 2 is 2.00 bits per heavy atom. The summed E-state index contributed by atoms with van der Waals surface area (Å²) < 4.78 is 0. The van der Waals surface area contributed by atoms with E-state index in [4.69, 9.17) is 10.8 Å². The fourth-order valence-electron chi connectivity index (χ4n) is 2.35. The molecule has 1 unspecified atom stereocenters. The third-order valence-electron chi connectivity index (χ3n) is 3.12. The summed E-state index contributed by atoms with van der Waals surface area (Å²) in [5.74, 6) is 0.220. The lowest BCUT2D eigenvalue weighted by atomic mass is 9.85. The molecule has 0 aliphatic heterocycles. The zero-order valence-electron chi connectivity index (χ0n) is 8.74. The summed E-state index contributed by atoms with van der Waals surface area (Å²) in [4.78, 5) is 0. The molecule has 0 spiro atoms. The maximum absolute atomic E-state index is 9.78. The van der Waals surface area contributed by atoms with Gasteiger partial charge in [0, 0.05) is 5.56 Å². The summed E-state index contributed by atoms with van der Waals surface area (Å²) in [6.45, 7) is -0.121. The number of aliphatic hydroxyl groups is 1. The van der Waals surface area contributed by atoms with E-state index in [1.807, 2.05) is 6.07 Å². The normalized spacial score (nSPS) is 17.2. The van der Waals surface area contributed by atoms with Crippen molar-refractivity contribution in [1.82, 2.24) is 0 Å². The van der Waals surface area contributed by atoms with Crippen LogP contribution in [0.1, 0.15) is 35.6 Å². The van der Waals surface area contributed by atoms with E-state index in [2.05, 4.69) is 0 Å². The van der Waals surface area contributed by atoms with Gasteiger partial charge in [-0.05, 0) is 42.9 Å². The average Bonchev–Trinajstić information content (AvgIpc) is 2.28. The van der Waals surface area contributed by atoms with Crippen LogP contribution in [0, 0.1) is 0 Å². The van der Waals surface area contributed by atoms with E-state index < -0.39 is 6.04 Å². The van der Waals surface area contributed by atoms with Crippen LogP contribution in [0.4, 0.5) is 0 Å². The van der Waals surface area contributed by atoms with Crippen molar-refractivity contribution in [3.63, 3.8) is 0 Å². The molecule has 0 amide bonds. The lowest BCUT2D eigenvalue weighted by Crippen LogP contribution is -2.19. The fourth-order valence-corrected chi connectivity index (χ4v) is 2.35. The molecule has 3 heteroatoms. The average molecular weight is 207 g/mol. The lowest BCUT2D eigenvalue weighted by molar-refractivity contribution is 0.264. The summed E-state index contributed by atoms with van der Waals surface area (Å²) >= 11 is 0. The van der Waals surface area contributed by atoms with E-state index >= 15 is 0 Å². The number of phenols is 1. The highest BCUT2D eigenvalue weighted by Crippen LogP contribution is 2.33. The first-order chi connectivity index (χ1) is 7.24. The molecular formula is C12H17NO2. The lowest BCUT2D eigenvalue weighted by Gasteiger charge is -2.22. The molecule has 0 fully saturated rings. The van der Waals surface area contributed by atoms with Gasteiger partial charge in [0.15, 0.2) is 0 Å². The van der Waals surface area contributed by atoms with Crippen molar-refractivity contribution in [2.75, 3.05) is 6.61 Å². The highest BCUT2D eigenvalue weighted by molar-refractivity contribution is 5.47. The zero-order chi connectivity index (χ0) is 10.8. The van der Waals surface area contributed by atoms with Crippen molar-refractivity contribution in [1.29, 1.82) is 0 Å². The van der Waals surface area contributed by atoms with E-state index in [1.165, 1.54) is 12.0 Å². The van der Waals surface area contributed by atoms with Gasteiger partial charge in [-0.2, -0.15) is 0 Å². The minimum atomic E-state index is -0.460. The summed E-state index contributed by atoms with van der Waals surface area (Å²) in [5.41, 5.74) is 8.99. The van der Waals surface area contributed by atoms with E-state index in [0.717, 1.165) is 30.4 Å². The molecule has 15 heavy (non-hydrogen) atoms. The minimum Gasteiger partial charge on any atom is -0.508 e. The molecule has 1 aliphatic rings. The SMILES string of the molecule is NC(CO)c1c(O)ccc2c1CCCC2. The van der Waals surface area contributed by atoms with Crippen LogP contribution in [0.25, 0.3) is 0 Å². The minimum absolute atomic E-state index is 0.121. The third-order valence-corrected chi connectivity index (χ3v) is 3.12. The van der Waals surface area contributed by atoms with Crippen LogP contribution in [-0.2, 0) is 12.8 Å². The largest absolute Gasteiger partial charge is 0.508 e. The van der Waals surface area contributed by atoms with Gasteiger partial charge in [0.2, 0.25) is 0 Å². The molecule has 0 heterocycles. The van der Waals surface area contributed by atoms with Crippen molar-refractivity contribution >= 4 is 0 Å². The predicted octanol–water partition coefficient (Wildman–Crippen LogP) is 1.26. The molecule has 0 bridgehead atoms. The maximum Gasteiger partial charge on any atom is 0.120 e. The quantitative estimate of drug-likeness (QED) is 0.684. The van der Waals surface area contributed by atoms with Gasteiger partial charge in [-0.25, -0.2) is 0 Å². The third kappa shape index (κ3) is 1.85. The van der Waals surface area contributed by atoms with Crippen molar-refractivity contribution in [2.45, 2.75) is 31.7 Å². The number of hydrogen-bond acceptors (Lipinski definition) is 3. The van der Waals surface area contributed by atoms with Gasteiger partial charge in [0.1, 0.15) is 5.75 Å². The summed E-state index contributed by atoms with van der Waals surface area (Å²) in [5, 5.41) is 18.9. The molecule has 1 aliphatic carbocycles. The maximum atomic E-state index is 9.78. The molecule has 2 rings (SSSR count). The van der Waals surface area contributed by atoms with E-state index in [1.54, 1.807) is 6.07 Å². The predicted molar refractivity (Wildman–Crippen MR) is 58.8 cm³/mol. The first-order valence-corrected chi connectivity index (χ1v) is 5.44. The number of hydrogen-bond donors (Lipinski definition) is 3. The molecule has 0 saturated heterocycles. The van der Waals surface area contributed by atoms with Gasteiger partial charge in [0.05, 0.1) is 12.6 Å². The Balaban J connectivity index is 2.50. The number of fused-ring (bicyclic) bond motifs is 1. The Morgan fingerprint density at radius 3 is 2.73 bits per heavy atom. The van der Waals surface area contributed by atoms with Gasteiger partial charge in [-0.1, -0.05) is 6.07 Å². The topological polar surface area (TPSA) is 66.5 Å². The standard InChI is InChI=1S/C12H17NO2/c13-10(7-14)12-9-4-2-1-3-8(9)5-6-11(12)15/h5-6,10,14-15H,1-4,7,13H2. The second-order valence-electron chi connectivity index (χ2n) is 4.13. The molecule has 4 N–H and O–H groups in total. The van der Waals surface area contributed by atoms with Crippen LogP contribution < -0.4 is 5.73 Å². The second-order valence-corrected chi connectivity index (χ2v) is 4.13. The van der Waals surface area contributed by atoms with E-state index in [9.17, 15) is 5.11 Å². The summed E-state index contributed by atoms with van der Waals surface area (Å²) in [7, 11) is 0. The fraction of sp³-hybridized carbons (Fsp3) is 0.500. The molecule has 1 aromatic rings. The monoisotopic (exact) mass is 207 g/mol. The second kappa shape index (κ2) is 4.21. The Bertz CT molecular complexity index is 363. The summed E-state index contributed by atoms with van der Waals surface area (Å²) in [6, 6.07) is 3.20. The Hall–Kier alpha value is -1.06. The van der Waals surface area contributed by atoms with E-state index in [-0.39, 0.29) is 12.4 Å². The zero-order valence-corrected chi connectivity index (χ0v) is 8.74. The highest BCUT2D eigenvalue weighted by atomic mass is 16.3. The number of phenolic OH excluding ortho intramolecular Hbond substituents is 1. The molecule has 82 valence electrons. The first kappa shape index (κ1) is 10.5. The van der Waals surface area contributed by atoms with Crippen LogP contribution in [0.2, 0.25) is 0 Å². The number of aliphatic hydroxyl groups excluding tert-OH is 1. The van der Waals surface area contributed by atoms with Crippen molar-refractivity contribution < 1.29 is 10.2 Å². The van der Waals surface area contributed by atoms with Gasteiger partial charge in [0.25, 0.3) is 0 Å². The number of rotatable bonds is 2. The van der Waals surface area contributed by atoms with Crippen LogP contribution >= 0.6 is 0 Å². The number of nitrogens with two attached hydrogens (primary N) is 1. The Kier molecular flexibility index (Phi) is 2.93. The van der Waals surface area contributed by atoms with Crippen LogP contribution in [0.5, 0.6) is 5.75 Å². The van der Waals surface area contributed by atoms with Crippen LogP contribution in [-0.4, -0.2) is 16.8 Å². The molecule has 3 nitrogen and oxygen atoms in total. The van der Waals surface area contributed by atoms with Crippen molar-refractivity contribution in [3.05, 3.63) is 28.8 Å². The molecule has 1 aromatic carbocycles. The van der Waals surface area contributed by atoms with Gasteiger partial charge < -0.3 is 15.9 Å². The van der Waals surface area contributed by atoms with Crippen molar-refractivity contribution in [3.8, 4) is 5.75 Å². The summed E-state index contributed by atoms with van der Waals surface area (Å²) in [6.07, 6.45) is 4.36. The molecular weight excluding hydrogens is 190 g/mol. The smallest absolute Gasteiger partial charge is 0.120 e. The van der Waals surface area contributed by atoms with Crippen molar-refractivity contribution in [2.24, 2.45) is 5.73 Å². The van der Waals surface area contributed by atoms with Gasteiger partial charge in [-0.15, -0.1) is 0 Å². The number of benzene rings is 1. The molecule has 0 saturated carbocycles.